The molecule has 0 radical (unpaired) electrons. The van der Waals surface area contributed by atoms with Crippen LogP contribution in [0.15, 0.2) is 48.5 Å². The quantitative estimate of drug-likeness (QED) is 0.876. The molecular formula is C17H21NO2. The van der Waals surface area contributed by atoms with E-state index in [1.807, 2.05) is 49.4 Å². The minimum atomic E-state index is -0.0771. The molecule has 0 aliphatic rings. The molecular weight excluding hydrogens is 250 g/mol. The maximum Gasteiger partial charge on any atom is 0.122 e. The van der Waals surface area contributed by atoms with Crippen LogP contribution in [0.4, 0.5) is 0 Å². The zero-order valence-electron chi connectivity index (χ0n) is 12.0. The maximum absolute atomic E-state index is 6.30. The molecule has 0 saturated heterocycles. The molecule has 0 heterocycles. The summed E-state index contributed by atoms with van der Waals surface area (Å²) >= 11 is 0. The summed E-state index contributed by atoms with van der Waals surface area (Å²) in [6.45, 7) is 2.64. The first kappa shape index (κ1) is 14.4. The predicted molar refractivity (Wildman–Crippen MR) is 81.2 cm³/mol. The van der Waals surface area contributed by atoms with Crippen molar-refractivity contribution in [2.75, 3.05) is 13.7 Å². The molecule has 0 aliphatic heterocycles. The van der Waals surface area contributed by atoms with Crippen molar-refractivity contribution in [2.24, 2.45) is 5.73 Å². The Labute approximate surface area is 120 Å². The van der Waals surface area contributed by atoms with Gasteiger partial charge >= 0.3 is 0 Å². The van der Waals surface area contributed by atoms with Crippen molar-refractivity contribution in [3.05, 3.63) is 59.7 Å². The van der Waals surface area contributed by atoms with Gasteiger partial charge in [-0.1, -0.05) is 30.3 Å². The number of benzene rings is 2. The fraction of sp³-hybridized carbons (Fsp3) is 0.294. The van der Waals surface area contributed by atoms with Gasteiger partial charge in [0.2, 0.25) is 0 Å². The average Bonchev–Trinajstić information content (AvgIpc) is 2.49. The van der Waals surface area contributed by atoms with Gasteiger partial charge < -0.3 is 15.2 Å². The molecule has 2 rings (SSSR count). The molecule has 106 valence electrons. The van der Waals surface area contributed by atoms with Crippen LogP contribution in [0.3, 0.4) is 0 Å². The minimum Gasteiger partial charge on any atom is -0.497 e. The highest BCUT2D eigenvalue weighted by molar-refractivity contribution is 5.36. The molecule has 0 bridgehead atoms. The van der Waals surface area contributed by atoms with E-state index in [2.05, 4.69) is 6.07 Å². The Morgan fingerprint density at radius 3 is 2.65 bits per heavy atom. The molecule has 0 spiro atoms. The largest absolute Gasteiger partial charge is 0.497 e. The van der Waals surface area contributed by atoms with Gasteiger partial charge in [-0.2, -0.15) is 0 Å². The molecule has 20 heavy (non-hydrogen) atoms. The second-order valence-electron chi connectivity index (χ2n) is 4.63. The van der Waals surface area contributed by atoms with Crippen LogP contribution in [0, 0.1) is 0 Å². The molecule has 2 N–H and O–H groups in total. The molecule has 1 atom stereocenters. The molecule has 0 aromatic heterocycles. The number of para-hydroxylation sites is 1. The van der Waals surface area contributed by atoms with E-state index < -0.39 is 0 Å². The summed E-state index contributed by atoms with van der Waals surface area (Å²) in [4.78, 5) is 0. The third-order valence-corrected chi connectivity index (χ3v) is 3.23. The molecule has 0 amide bonds. The summed E-state index contributed by atoms with van der Waals surface area (Å²) in [7, 11) is 1.66. The lowest BCUT2D eigenvalue weighted by atomic mass is 9.99. The zero-order valence-corrected chi connectivity index (χ0v) is 12.0. The van der Waals surface area contributed by atoms with Crippen molar-refractivity contribution in [3.63, 3.8) is 0 Å². The van der Waals surface area contributed by atoms with Crippen LogP contribution >= 0.6 is 0 Å². The van der Waals surface area contributed by atoms with Crippen molar-refractivity contribution in [3.8, 4) is 11.5 Å². The second kappa shape index (κ2) is 6.96. The van der Waals surface area contributed by atoms with Crippen LogP contribution in [0.5, 0.6) is 11.5 Å². The van der Waals surface area contributed by atoms with E-state index >= 15 is 0 Å². The summed E-state index contributed by atoms with van der Waals surface area (Å²) in [6.07, 6.45) is 0.739. The van der Waals surface area contributed by atoms with Crippen LogP contribution in [0.1, 0.15) is 24.1 Å². The molecule has 2 aromatic rings. The summed E-state index contributed by atoms with van der Waals surface area (Å²) in [5.74, 6) is 1.74. The van der Waals surface area contributed by atoms with E-state index in [9.17, 15) is 0 Å². The lowest BCUT2D eigenvalue weighted by molar-refractivity contribution is 0.335. The Morgan fingerprint density at radius 2 is 1.90 bits per heavy atom. The van der Waals surface area contributed by atoms with E-state index in [4.69, 9.17) is 15.2 Å². The Kier molecular flexibility index (Phi) is 5.02. The summed E-state index contributed by atoms with van der Waals surface area (Å²) in [5.41, 5.74) is 8.50. The molecule has 2 aromatic carbocycles. The van der Waals surface area contributed by atoms with E-state index in [-0.39, 0.29) is 6.04 Å². The lowest BCUT2D eigenvalue weighted by Crippen LogP contribution is -2.14. The lowest BCUT2D eigenvalue weighted by Gasteiger charge is -2.16. The fourth-order valence-electron chi connectivity index (χ4n) is 2.20. The first-order valence-electron chi connectivity index (χ1n) is 6.84. The standard InChI is InChI=1S/C17H21NO2/c1-3-20-17-10-5-4-7-14(17)12-16(18)13-8-6-9-15(11-13)19-2/h4-11,16H,3,12,18H2,1-2H3. The number of ether oxygens (including phenoxy) is 2. The van der Waals surface area contributed by atoms with E-state index in [0.717, 1.165) is 29.0 Å². The number of nitrogens with two attached hydrogens (primary N) is 1. The van der Waals surface area contributed by atoms with Gasteiger partial charge in [0.1, 0.15) is 11.5 Å². The number of methoxy groups -OCH3 is 1. The monoisotopic (exact) mass is 271 g/mol. The highest BCUT2D eigenvalue weighted by Gasteiger charge is 2.11. The van der Waals surface area contributed by atoms with Gasteiger partial charge in [-0.25, -0.2) is 0 Å². The molecule has 3 nitrogen and oxygen atoms in total. The van der Waals surface area contributed by atoms with Gasteiger partial charge in [-0.05, 0) is 42.7 Å². The fourth-order valence-corrected chi connectivity index (χ4v) is 2.20. The van der Waals surface area contributed by atoms with Gasteiger partial charge in [-0.3, -0.25) is 0 Å². The van der Waals surface area contributed by atoms with Gasteiger partial charge in [0.25, 0.3) is 0 Å². The Bertz CT molecular complexity index is 554. The number of hydrogen-bond donors (Lipinski definition) is 1. The first-order valence-corrected chi connectivity index (χ1v) is 6.84. The highest BCUT2D eigenvalue weighted by Crippen LogP contribution is 2.25. The van der Waals surface area contributed by atoms with Crippen molar-refractivity contribution >= 4 is 0 Å². The SMILES string of the molecule is CCOc1ccccc1CC(N)c1cccc(OC)c1. The van der Waals surface area contributed by atoms with E-state index in [0.29, 0.717) is 6.61 Å². The number of rotatable bonds is 6. The van der Waals surface area contributed by atoms with Crippen LogP contribution in [-0.2, 0) is 6.42 Å². The third kappa shape index (κ3) is 3.52. The summed E-state index contributed by atoms with van der Waals surface area (Å²) < 4.78 is 10.9. The van der Waals surface area contributed by atoms with Crippen LogP contribution in [0.25, 0.3) is 0 Å². The van der Waals surface area contributed by atoms with Crippen molar-refractivity contribution in [1.29, 1.82) is 0 Å². The van der Waals surface area contributed by atoms with Gasteiger partial charge in [-0.15, -0.1) is 0 Å². The minimum absolute atomic E-state index is 0.0771. The molecule has 1 unspecified atom stereocenters. The molecule has 3 heteroatoms. The van der Waals surface area contributed by atoms with Gasteiger partial charge in [0.15, 0.2) is 0 Å². The Morgan fingerprint density at radius 1 is 1.10 bits per heavy atom. The Hall–Kier alpha value is -2.00. The number of hydrogen-bond acceptors (Lipinski definition) is 3. The first-order chi connectivity index (χ1) is 9.74. The van der Waals surface area contributed by atoms with E-state index in [1.54, 1.807) is 7.11 Å². The predicted octanol–water partition coefficient (Wildman–Crippen LogP) is 3.34. The van der Waals surface area contributed by atoms with Crippen LogP contribution < -0.4 is 15.2 Å². The van der Waals surface area contributed by atoms with Crippen LogP contribution in [-0.4, -0.2) is 13.7 Å². The van der Waals surface area contributed by atoms with Gasteiger partial charge in [0.05, 0.1) is 13.7 Å². The van der Waals surface area contributed by atoms with Gasteiger partial charge in [0, 0.05) is 6.04 Å². The van der Waals surface area contributed by atoms with Crippen molar-refractivity contribution in [2.45, 2.75) is 19.4 Å². The molecule has 0 fully saturated rings. The molecule has 0 aliphatic carbocycles. The highest BCUT2D eigenvalue weighted by atomic mass is 16.5. The average molecular weight is 271 g/mol. The second-order valence-corrected chi connectivity index (χ2v) is 4.63. The molecule has 0 saturated carbocycles. The topological polar surface area (TPSA) is 44.5 Å². The van der Waals surface area contributed by atoms with Crippen molar-refractivity contribution in [1.82, 2.24) is 0 Å². The normalized spacial score (nSPS) is 11.9. The smallest absolute Gasteiger partial charge is 0.122 e. The van der Waals surface area contributed by atoms with Crippen LogP contribution in [0.2, 0.25) is 0 Å². The van der Waals surface area contributed by atoms with Crippen molar-refractivity contribution < 1.29 is 9.47 Å². The van der Waals surface area contributed by atoms with E-state index in [1.165, 1.54) is 0 Å². The summed E-state index contributed by atoms with van der Waals surface area (Å²) in [6, 6.07) is 15.8. The third-order valence-electron chi connectivity index (χ3n) is 3.23. The Balaban J connectivity index is 2.16. The maximum atomic E-state index is 6.30. The zero-order chi connectivity index (χ0) is 14.4. The summed E-state index contributed by atoms with van der Waals surface area (Å²) in [5, 5.41) is 0.